The van der Waals surface area contributed by atoms with E-state index in [0.717, 1.165) is 16.5 Å². The van der Waals surface area contributed by atoms with E-state index in [1.165, 1.54) is 5.56 Å². The molecule has 1 amide bonds. The van der Waals surface area contributed by atoms with Gasteiger partial charge in [0.1, 0.15) is 0 Å². The van der Waals surface area contributed by atoms with Crippen LogP contribution in [0.5, 0.6) is 0 Å². The molecule has 2 rings (SSSR count). The Morgan fingerprint density at radius 3 is 2.76 bits per heavy atom. The summed E-state index contributed by atoms with van der Waals surface area (Å²) in [6.45, 7) is 4.29. The molecule has 2 aromatic rings. The predicted octanol–water partition coefficient (Wildman–Crippen LogP) is 2.39. The highest BCUT2D eigenvalue weighted by Crippen LogP contribution is 2.23. The Balaban J connectivity index is 2.59. The lowest BCUT2D eigenvalue weighted by atomic mass is 9.98. The molecule has 0 saturated carbocycles. The van der Waals surface area contributed by atoms with Crippen LogP contribution < -0.4 is 5.73 Å². The Bertz CT molecular complexity index is 561. The quantitative estimate of drug-likeness (QED) is 0.876. The van der Waals surface area contributed by atoms with Crippen molar-refractivity contribution < 1.29 is 4.79 Å². The summed E-state index contributed by atoms with van der Waals surface area (Å²) >= 11 is 0. The molecule has 17 heavy (non-hydrogen) atoms. The molecule has 0 saturated heterocycles. The number of benzene rings is 1. The zero-order valence-corrected chi connectivity index (χ0v) is 10.1. The van der Waals surface area contributed by atoms with Gasteiger partial charge in [0.05, 0.1) is 12.1 Å². The molecule has 0 radical (unpaired) electrons. The summed E-state index contributed by atoms with van der Waals surface area (Å²) in [7, 11) is 0. The van der Waals surface area contributed by atoms with Gasteiger partial charge in [0.25, 0.3) is 0 Å². The van der Waals surface area contributed by atoms with E-state index in [1.54, 1.807) is 6.20 Å². The molecule has 3 heteroatoms. The van der Waals surface area contributed by atoms with Gasteiger partial charge in [-0.3, -0.25) is 9.78 Å². The molecule has 0 aliphatic rings. The lowest BCUT2D eigenvalue weighted by molar-refractivity contribution is -0.117. The number of carbonyl (C=O) groups excluding carboxylic acids is 1. The molecule has 1 aromatic heterocycles. The monoisotopic (exact) mass is 228 g/mol. The summed E-state index contributed by atoms with van der Waals surface area (Å²) in [6.07, 6.45) is 1.91. The van der Waals surface area contributed by atoms with E-state index in [1.807, 2.05) is 6.07 Å². The maximum Gasteiger partial charge on any atom is 0.223 e. The van der Waals surface area contributed by atoms with Gasteiger partial charge in [-0.05, 0) is 29.0 Å². The zero-order chi connectivity index (χ0) is 12.4. The van der Waals surface area contributed by atoms with Gasteiger partial charge in [0, 0.05) is 11.6 Å². The molecular weight excluding hydrogens is 212 g/mol. The van der Waals surface area contributed by atoms with Crippen LogP contribution >= 0.6 is 0 Å². The van der Waals surface area contributed by atoms with Crippen molar-refractivity contribution in [3.8, 4) is 0 Å². The van der Waals surface area contributed by atoms with Crippen molar-refractivity contribution >= 4 is 16.7 Å². The molecule has 2 N–H and O–H groups in total. The van der Waals surface area contributed by atoms with Crippen LogP contribution in [-0.2, 0) is 11.2 Å². The predicted molar refractivity (Wildman–Crippen MR) is 68.7 cm³/mol. The van der Waals surface area contributed by atoms with Gasteiger partial charge in [-0.2, -0.15) is 0 Å². The molecule has 0 fully saturated rings. The average Bonchev–Trinajstić information content (AvgIpc) is 2.28. The Labute approximate surface area is 101 Å². The van der Waals surface area contributed by atoms with Crippen molar-refractivity contribution in [3.63, 3.8) is 0 Å². The van der Waals surface area contributed by atoms with Crippen LogP contribution in [0, 0.1) is 0 Å². The third-order valence-electron chi connectivity index (χ3n) is 2.88. The lowest BCUT2D eigenvalue weighted by Gasteiger charge is -2.09. The smallest absolute Gasteiger partial charge is 0.223 e. The zero-order valence-electron chi connectivity index (χ0n) is 10.1. The summed E-state index contributed by atoms with van der Waals surface area (Å²) in [5.41, 5.74) is 7.24. The van der Waals surface area contributed by atoms with E-state index < -0.39 is 0 Å². The molecule has 3 nitrogen and oxygen atoms in total. The average molecular weight is 228 g/mol. The highest BCUT2D eigenvalue weighted by atomic mass is 16.1. The third kappa shape index (κ3) is 2.44. The fourth-order valence-electron chi connectivity index (χ4n) is 1.91. The lowest BCUT2D eigenvalue weighted by Crippen LogP contribution is -2.14. The van der Waals surface area contributed by atoms with Crippen molar-refractivity contribution in [3.05, 3.63) is 41.7 Å². The normalized spacial score (nSPS) is 11.0. The number of rotatable bonds is 3. The number of carbonyl (C=O) groups is 1. The molecule has 1 heterocycles. The van der Waals surface area contributed by atoms with Gasteiger partial charge in [-0.15, -0.1) is 0 Å². The summed E-state index contributed by atoms with van der Waals surface area (Å²) < 4.78 is 0. The van der Waals surface area contributed by atoms with E-state index in [0.29, 0.717) is 5.92 Å². The molecule has 0 spiro atoms. The second-order valence-electron chi connectivity index (χ2n) is 4.54. The minimum atomic E-state index is -0.347. The van der Waals surface area contributed by atoms with E-state index in [2.05, 4.69) is 37.0 Å². The molecule has 0 unspecified atom stereocenters. The Morgan fingerprint density at radius 2 is 2.12 bits per heavy atom. The van der Waals surface area contributed by atoms with Crippen molar-refractivity contribution in [2.24, 2.45) is 5.73 Å². The van der Waals surface area contributed by atoms with Gasteiger partial charge in [-0.1, -0.05) is 26.0 Å². The van der Waals surface area contributed by atoms with Gasteiger partial charge < -0.3 is 5.73 Å². The Kier molecular flexibility index (Phi) is 3.09. The fraction of sp³-hybridized carbons (Fsp3) is 0.286. The van der Waals surface area contributed by atoms with Crippen LogP contribution in [0.15, 0.2) is 30.5 Å². The van der Waals surface area contributed by atoms with Gasteiger partial charge in [-0.25, -0.2) is 0 Å². The van der Waals surface area contributed by atoms with Gasteiger partial charge >= 0.3 is 0 Å². The van der Waals surface area contributed by atoms with Crippen molar-refractivity contribution in [1.82, 2.24) is 4.98 Å². The first-order valence-electron chi connectivity index (χ1n) is 5.74. The Hall–Kier alpha value is -1.90. The van der Waals surface area contributed by atoms with Crippen LogP contribution in [0.2, 0.25) is 0 Å². The number of hydrogen-bond acceptors (Lipinski definition) is 2. The van der Waals surface area contributed by atoms with Crippen molar-refractivity contribution in [1.29, 1.82) is 0 Å². The number of nitrogens with zero attached hydrogens (tertiary/aromatic N) is 1. The Morgan fingerprint density at radius 1 is 1.35 bits per heavy atom. The van der Waals surface area contributed by atoms with E-state index in [4.69, 9.17) is 5.73 Å². The summed E-state index contributed by atoms with van der Waals surface area (Å²) in [5.74, 6) is 0.112. The van der Waals surface area contributed by atoms with Gasteiger partial charge in [0.15, 0.2) is 0 Å². The van der Waals surface area contributed by atoms with Crippen LogP contribution in [0.25, 0.3) is 10.8 Å². The van der Waals surface area contributed by atoms with E-state index in [9.17, 15) is 4.79 Å². The first-order chi connectivity index (χ1) is 8.08. The second-order valence-corrected chi connectivity index (χ2v) is 4.54. The molecule has 0 aliphatic heterocycles. The number of primary amides is 1. The topological polar surface area (TPSA) is 56.0 Å². The number of hydrogen-bond donors (Lipinski definition) is 1. The number of nitrogens with two attached hydrogens (primary N) is 1. The van der Waals surface area contributed by atoms with Crippen molar-refractivity contribution in [2.75, 3.05) is 0 Å². The maximum atomic E-state index is 11.0. The fourth-order valence-corrected chi connectivity index (χ4v) is 1.91. The first kappa shape index (κ1) is 11.6. The largest absolute Gasteiger partial charge is 0.369 e. The van der Waals surface area contributed by atoms with Crippen molar-refractivity contribution in [2.45, 2.75) is 26.2 Å². The molecule has 88 valence electrons. The molecule has 0 aliphatic carbocycles. The number of fused-ring (bicyclic) bond motifs is 1. The van der Waals surface area contributed by atoms with Crippen LogP contribution in [0.3, 0.4) is 0 Å². The summed E-state index contributed by atoms with van der Waals surface area (Å²) in [6, 6.07) is 8.23. The van der Waals surface area contributed by atoms with Crippen LogP contribution in [-0.4, -0.2) is 10.9 Å². The summed E-state index contributed by atoms with van der Waals surface area (Å²) in [4.78, 5) is 15.3. The summed E-state index contributed by atoms with van der Waals surface area (Å²) in [5, 5.41) is 2.12. The minimum absolute atomic E-state index is 0.193. The molecule has 0 atom stereocenters. The second kappa shape index (κ2) is 4.53. The minimum Gasteiger partial charge on any atom is -0.369 e. The SMILES string of the molecule is CC(C)c1ccc2ccnc(CC(N)=O)c2c1. The highest BCUT2D eigenvalue weighted by Gasteiger charge is 2.07. The van der Waals surface area contributed by atoms with E-state index >= 15 is 0 Å². The van der Waals surface area contributed by atoms with Gasteiger partial charge in [0.2, 0.25) is 5.91 Å². The first-order valence-corrected chi connectivity index (χ1v) is 5.74. The van der Waals surface area contributed by atoms with E-state index in [-0.39, 0.29) is 12.3 Å². The number of amides is 1. The molecule has 1 aromatic carbocycles. The number of aromatic nitrogens is 1. The number of pyridine rings is 1. The standard InChI is InChI=1S/C14H16N2O/c1-9(2)11-4-3-10-5-6-16-13(8-14(15)17)12(10)7-11/h3-7,9H,8H2,1-2H3,(H2,15,17). The highest BCUT2D eigenvalue weighted by molar-refractivity contribution is 5.89. The maximum absolute atomic E-state index is 11.0. The third-order valence-corrected chi connectivity index (χ3v) is 2.88. The van der Waals surface area contributed by atoms with Crippen LogP contribution in [0.4, 0.5) is 0 Å². The van der Waals surface area contributed by atoms with Crippen LogP contribution in [0.1, 0.15) is 31.0 Å². The molecular formula is C14H16N2O. The molecule has 0 bridgehead atoms.